The lowest BCUT2D eigenvalue weighted by Gasteiger charge is -2.50. The van der Waals surface area contributed by atoms with Gasteiger partial charge in [0, 0.05) is 11.8 Å². The number of rotatable bonds is 2. The molecule has 5 heteroatoms. The number of hydrogen-bond acceptors (Lipinski definition) is 1. The molecular formula is C18H18B4N. The Balaban J connectivity index is 2.22. The molecule has 0 bridgehead atoms. The Labute approximate surface area is 144 Å². The predicted octanol–water partition coefficient (Wildman–Crippen LogP) is 2.74. The van der Waals surface area contributed by atoms with Crippen molar-refractivity contribution in [2.45, 2.75) is 37.0 Å². The molecule has 0 amide bonds. The summed E-state index contributed by atoms with van der Waals surface area (Å²) >= 11 is 0. The molecule has 23 heavy (non-hydrogen) atoms. The van der Waals surface area contributed by atoms with Gasteiger partial charge >= 0.3 is 0 Å². The second kappa shape index (κ2) is 5.61. The Kier molecular flexibility index (Phi) is 4.02. The second-order valence-electron chi connectivity index (χ2n) is 6.96. The summed E-state index contributed by atoms with van der Waals surface area (Å²) in [5.41, 5.74) is 3.76. The van der Waals surface area contributed by atoms with Crippen LogP contribution in [0.3, 0.4) is 0 Å². The van der Waals surface area contributed by atoms with Gasteiger partial charge in [-0.3, -0.25) is 4.98 Å². The third kappa shape index (κ3) is 2.58. The highest BCUT2D eigenvalue weighted by Gasteiger charge is 2.45. The molecule has 0 N–H and O–H groups in total. The second-order valence-corrected chi connectivity index (χ2v) is 6.96. The molecule has 7 radical (unpaired) electrons. The van der Waals surface area contributed by atoms with Gasteiger partial charge in [-0.1, -0.05) is 78.8 Å². The van der Waals surface area contributed by atoms with Gasteiger partial charge in [0.05, 0.1) is 29.2 Å². The van der Waals surface area contributed by atoms with Gasteiger partial charge in [0.15, 0.2) is 0 Å². The Morgan fingerprint density at radius 1 is 1.09 bits per heavy atom. The number of fused-ring (bicyclic) bond motifs is 1. The number of benzene rings is 1. The molecule has 1 aliphatic rings. The van der Waals surface area contributed by atoms with Crippen molar-refractivity contribution in [3.63, 3.8) is 0 Å². The minimum absolute atomic E-state index is 0.0354. The van der Waals surface area contributed by atoms with Gasteiger partial charge in [-0.15, -0.1) is 0 Å². The van der Waals surface area contributed by atoms with Crippen LogP contribution < -0.4 is 0 Å². The molecule has 2 unspecified atom stereocenters. The van der Waals surface area contributed by atoms with Crippen LogP contribution in [-0.2, 0) is 10.4 Å². The summed E-state index contributed by atoms with van der Waals surface area (Å²) in [7, 11) is 21.7. The normalized spacial score (nSPS) is 25.7. The Morgan fingerprint density at radius 2 is 1.74 bits per heavy atom. The van der Waals surface area contributed by atoms with Gasteiger partial charge in [0.1, 0.15) is 7.28 Å². The van der Waals surface area contributed by atoms with E-state index in [0.29, 0.717) is 0 Å². The van der Waals surface area contributed by atoms with Crippen LogP contribution in [-0.4, -0.2) is 35.8 Å². The summed E-state index contributed by atoms with van der Waals surface area (Å²) < 4.78 is 0. The van der Waals surface area contributed by atoms with Gasteiger partial charge in [0.25, 0.3) is 0 Å². The van der Waals surface area contributed by atoms with Crippen LogP contribution in [0.4, 0.5) is 0 Å². The zero-order valence-corrected chi connectivity index (χ0v) is 14.0. The molecule has 3 rings (SSSR count). The van der Waals surface area contributed by atoms with Crippen molar-refractivity contribution in [1.29, 1.82) is 0 Å². The van der Waals surface area contributed by atoms with Crippen LogP contribution in [0.15, 0.2) is 42.6 Å². The molecule has 0 saturated carbocycles. The fourth-order valence-electron chi connectivity index (χ4n) is 3.32. The van der Waals surface area contributed by atoms with E-state index < -0.39 is 10.4 Å². The predicted molar refractivity (Wildman–Crippen MR) is 100 cm³/mol. The van der Waals surface area contributed by atoms with Crippen molar-refractivity contribution >= 4 is 30.8 Å². The quantitative estimate of drug-likeness (QED) is 0.775. The first-order chi connectivity index (χ1) is 10.8. The van der Waals surface area contributed by atoms with Crippen LogP contribution in [0.1, 0.15) is 31.9 Å². The maximum Gasteiger partial charge on any atom is 0.115 e. The van der Waals surface area contributed by atoms with E-state index >= 15 is 0 Å². The van der Waals surface area contributed by atoms with E-state index in [1.807, 2.05) is 43.3 Å². The minimum Gasteiger partial charge on any atom is -0.256 e. The smallest absolute Gasteiger partial charge is 0.115 e. The van der Waals surface area contributed by atoms with Crippen LogP contribution in [0.2, 0.25) is 5.82 Å². The van der Waals surface area contributed by atoms with Gasteiger partial charge in [0.2, 0.25) is 0 Å². The summed E-state index contributed by atoms with van der Waals surface area (Å²) in [5.74, 6) is 0.192. The number of nitrogens with zero attached hydrogens (tertiary/aromatic N) is 1. The average Bonchev–Trinajstić information content (AvgIpc) is 2.53. The van der Waals surface area contributed by atoms with Crippen molar-refractivity contribution in [2.24, 2.45) is 5.92 Å². The van der Waals surface area contributed by atoms with Crippen molar-refractivity contribution in [3.05, 3.63) is 53.7 Å². The zero-order valence-electron chi connectivity index (χ0n) is 14.0. The maximum atomic E-state index is 6.78. The van der Waals surface area contributed by atoms with E-state index in [-0.39, 0.29) is 11.7 Å². The molecular weight excluding hydrogens is 273 g/mol. The molecule has 1 nitrogen and oxygen atoms in total. The highest BCUT2D eigenvalue weighted by molar-refractivity contribution is 6.60. The molecule has 1 aromatic carbocycles. The standard InChI is InChI=1S/C18H18B4N/c1-11(2)18(21)14-9-16(13-7-5-4-6-8-13)23-10-15(14)17(19,20)12(3)22-18/h4-12H,1-3H3. The lowest BCUT2D eigenvalue weighted by atomic mass is 9.21. The van der Waals surface area contributed by atoms with E-state index in [4.69, 9.17) is 23.5 Å². The topological polar surface area (TPSA) is 12.9 Å². The fourth-order valence-corrected chi connectivity index (χ4v) is 3.32. The SMILES string of the molecule is [B]C1([B])c2cnc(-c3ccccc3)cc2C([B])(C(C)C)[B]C1C. The monoisotopic (exact) mass is 292 g/mol. The first kappa shape index (κ1) is 16.5. The third-order valence-corrected chi connectivity index (χ3v) is 5.14. The highest BCUT2D eigenvalue weighted by Crippen LogP contribution is 2.46. The van der Waals surface area contributed by atoms with Crippen LogP contribution in [0, 0.1) is 5.92 Å². The molecule has 0 saturated heterocycles. The molecule has 2 heterocycles. The van der Waals surface area contributed by atoms with Crippen LogP contribution >= 0.6 is 0 Å². The van der Waals surface area contributed by atoms with E-state index in [0.717, 1.165) is 22.4 Å². The molecule has 1 aliphatic heterocycles. The van der Waals surface area contributed by atoms with Crippen molar-refractivity contribution in [2.75, 3.05) is 0 Å². The lowest BCUT2D eigenvalue weighted by molar-refractivity contribution is 0.529. The number of pyridine rings is 1. The minimum atomic E-state index is -0.949. The van der Waals surface area contributed by atoms with Crippen molar-refractivity contribution in [1.82, 2.24) is 4.98 Å². The van der Waals surface area contributed by atoms with Gasteiger partial charge < -0.3 is 0 Å². The van der Waals surface area contributed by atoms with E-state index in [2.05, 4.69) is 26.1 Å². The maximum absolute atomic E-state index is 6.78. The zero-order chi connectivity index (χ0) is 16.8. The van der Waals surface area contributed by atoms with Crippen LogP contribution in [0.5, 0.6) is 0 Å². The molecule has 107 valence electrons. The van der Waals surface area contributed by atoms with E-state index in [1.165, 1.54) is 0 Å². The summed E-state index contributed by atoms with van der Waals surface area (Å²) in [5, 5.41) is -1.52. The first-order valence-corrected chi connectivity index (χ1v) is 8.06. The molecule has 0 spiro atoms. The molecule has 2 atom stereocenters. The molecule has 0 fully saturated rings. The molecule has 1 aromatic heterocycles. The molecule has 2 aromatic rings. The van der Waals surface area contributed by atoms with Crippen molar-refractivity contribution in [3.8, 4) is 11.3 Å². The van der Waals surface area contributed by atoms with Crippen molar-refractivity contribution < 1.29 is 0 Å². The number of hydrogen-bond donors (Lipinski definition) is 0. The Morgan fingerprint density at radius 3 is 2.35 bits per heavy atom. The average molecular weight is 292 g/mol. The summed E-state index contributed by atoms with van der Waals surface area (Å²) in [6.07, 6.45) is 1.80. The Hall–Kier alpha value is -1.37. The first-order valence-electron chi connectivity index (χ1n) is 8.06. The van der Waals surface area contributed by atoms with Gasteiger partial charge in [-0.2, -0.15) is 0 Å². The summed E-state index contributed by atoms with van der Waals surface area (Å²) in [4.78, 5) is 4.59. The van der Waals surface area contributed by atoms with Crippen LogP contribution in [0.25, 0.3) is 11.3 Å². The molecule has 0 aliphatic carbocycles. The lowest BCUT2D eigenvalue weighted by Crippen LogP contribution is -2.53. The highest BCUT2D eigenvalue weighted by atomic mass is 14.7. The fraction of sp³-hybridized carbons (Fsp3) is 0.389. The largest absolute Gasteiger partial charge is 0.256 e. The third-order valence-electron chi connectivity index (χ3n) is 5.14. The van der Waals surface area contributed by atoms with Gasteiger partial charge in [-0.05, 0) is 11.6 Å². The van der Waals surface area contributed by atoms with E-state index in [1.54, 1.807) is 6.20 Å². The Bertz CT molecular complexity index is 714. The van der Waals surface area contributed by atoms with Gasteiger partial charge in [-0.25, -0.2) is 0 Å². The summed E-state index contributed by atoms with van der Waals surface area (Å²) in [6, 6.07) is 12.1. The summed E-state index contributed by atoms with van der Waals surface area (Å²) in [6.45, 7) is 6.25. The van der Waals surface area contributed by atoms with E-state index in [9.17, 15) is 0 Å². The number of aromatic nitrogens is 1.